The van der Waals surface area contributed by atoms with Crippen molar-refractivity contribution in [1.29, 1.82) is 0 Å². The number of aromatic nitrogens is 5. The van der Waals surface area contributed by atoms with Crippen molar-refractivity contribution >= 4 is 28.7 Å². The van der Waals surface area contributed by atoms with Crippen molar-refractivity contribution in [2.45, 2.75) is 19.4 Å². The van der Waals surface area contributed by atoms with Gasteiger partial charge in [-0.25, -0.2) is 9.97 Å². The van der Waals surface area contributed by atoms with E-state index in [4.69, 9.17) is 5.73 Å². The van der Waals surface area contributed by atoms with Crippen LogP contribution < -0.4 is 11.1 Å². The number of nitrogens with zero attached hydrogens (tertiary/aromatic N) is 5. The molecule has 0 aliphatic rings. The lowest BCUT2D eigenvalue weighted by molar-refractivity contribution is 0.0935. The van der Waals surface area contributed by atoms with Crippen molar-refractivity contribution in [3.05, 3.63) is 59.4 Å². The van der Waals surface area contributed by atoms with Crippen molar-refractivity contribution in [3.8, 4) is 10.8 Å². The largest absolute Gasteiger partial charge is 0.384 e. The Balaban J connectivity index is 1.64. The predicted molar refractivity (Wildman–Crippen MR) is 103 cm³/mol. The lowest BCUT2D eigenvalue weighted by atomic mass is 10.1. The topological polar surface area (TPSA) is 111 Å². The molecule has 1 atom stereocenters. The van der Waals surface area contributed by atoms with Gasteiger partial charge in [0.15, 0.2) is 10.7 Å². The number of hydrogen-bond acceptors (Lipinski definition) is 7. The van der Waals surface area contributed by atoms with Crippen molar-refractivity contribution in [1.82, 2.24) is 29.9 Å². The number of nitrogens with two attached hydrogens (primary N) is 1. The molecule has 3 N–H and O–H groups in total. The predicted octanol–water partition coefficient (Wildman–Crippen LogP) is 2.71. The Morgan fingerprint density at radius 2 is 2.11 bits per heavy atom. The molecule has 4 rings (SSSR count). The van der Waals surface area contributed by atoms with Crippen LogP contribution in [0.3, 0.4) is 0 Å². The smallest absolute Gasteiger partial charge is 0.252 e. The summed E-state index contributed by atoms with van der Waals surface area (Å²) in [6.07, 6.45) is 5.87. The first-order valence-electron chi connectivity index (χ1n) is 8.42. The highest BCUT2D eigenvalue weighted by molar-refractivity contribution is 7.13. The Bertz CT molecular complexity index is 1080. The molecule has 0 aliphatic carbocycles. The molecule has 8 nitrogen and oxygen atoms in total. The van der Waals surface area contributed by atoms with Gasteiger partial charge in [0.25, 0.3) is 5.91 Å². The summed E-state index contributed by atoms with van der Waals surface area (Å²) >= 11 is 1.44. The highest BCUT2D eigenvalue weighted by atomic mass is 32.1. The molecule has 0 saturated carbocycles. The summed E-state index contributed by atoms with van der Waals surface area (Å²) in [4.78, 5) is 25.4. The lowest BCUT2D eigenvalue weighted by Gasteiger charge is -2.17. The molecule has 0 saturated heterocycles. The summed E-state index contributed by atoms with van der Waals surface area (Å²) < 4.78 is 1.51. The fourth-order valence-corrected chi connectivity index (χ4v) is 3.39. The third kappa shape index (κ3) is 3.36. The lowest BCUT2D eigenvalue weighted by Crippen LogP contribution is -2.28. The molecule has 4 heterocycles. The molecule has 1 amide bonds. The molecule has 1 unspecified atom stereocenters. The molecule has 9 heteroatoms. The molecule has 0 fully saturated rings. The van der Waals surface area contributed by atoms with E-state index in [1.807, 2.05) is 24.4 Å². The maximum Gasteiger partial charge on any atom is 0.252 e. The second kappa shape index (κ2) is 7.12. The number of anilines is 1. The average Bonchev–Trinajstić information content (AvgIpc) is 3.36. The van der Waals surface area contributed by atoms with E-state index >= 15 is 0 Å². The first-order chi connectivity index (χ1) is 13.2. The molecule has 0 aliphatic heterocycles. The van der Waals surface area contributed by atoms with Gasteiger partial charge in [0.2, 0.25) is 5.82 Å². The van der Waals surface area contributed by atoms with Gasteiger partial charge in [0.1, 0.15) is 5.82 Å². The molecule has 0 aromatic carbocycles. The van der Waals surface area contributed by atoms with Gasteiger partial charge >= 0.3 is 0 Å². The van der Waals surface area contributed by atoms with Gasteiger partial charge in [-0.3, -0.25) is 9.78 Å². The highest BCUT2D eigenvalue weighted by Crippen LogP contribution is 2.22. The Kier molecular flexibility index (Phi) is 4.51. The minimum Gasteiger partial charge on any atom is -0.384 e. The molecular weight excluding hydrogens is 362 g/mol. The van der Waals surface area contributed by atoms with Gasteiger partial charge in [0, 0.05) is 29.5 Å². The fourth-order valence-electron chi connectivity index (χ4n) is 2.82. The summed E-state index contributed by atoms with van der Waals surface area (Å²) in [7, 11) is 0. The molecular formula is C18H17N7OS. The Labute approximate surface area is 159 Å². The minimum atomic E-state index is -0.216. The normalized spacial score (nSPS) is 12.2. The molecule has 4 aromatic heterocycles. The standard InChI is InChI=1S/C18H17N7OS/c1-2-13(11-3-5-20-6-4-11)22-17(26)12-9-14(19)25-15(10-12)23-16(24-25)18-21-7-8-27-18/h3-10,13H,2,19H2,1H3,(H,22,26). The number of nitrogens with one attached hydrogen (secondary N) is 1. The number of carbonyl (C=O) groups is 1. The van der Waals surface area contributed by atoms with Crippen molar-refractivity contribution in [2.75, 3.05) is 5.73 Å². The maximum absolute atomic E-state index is 12.8. The Hall–Kier alpha value is -3.33. The summed E-state index contributed by atoms with van der Waals surface area (Å²) in [6.45, 7) is 2.02. The van der Waals surface area contributed by atoms with E-state index in [-0.39, 0.29) is 11.9 Å². The quantitative estimate of drug-likeness (QED) is 0.551. The van der Waals surface area contributed by atoms with Crippen LogP contribution in [0.1, 0.15) is 35.3 Å². The number of fused-ring (bicyclic) bond motifs is 1. The van der Waals surface area contributed by atoms with Crippen LogP contribution >= 0.6 is 11.3 Å². The Morgan fingerprint density at radius 1 is 1.30 bits per heavy atom. The molecule has 4 aromatic rings. The number of nitrogen functional groups attached to an aromatic ring is 1. The summed E-state index contributed by atoms with van der Waals surface area (Å²) in [6, 6.07) is 6.95. The number of hydrogen-bond donors (Lipinski definition) is 2. The number of carbonyl (C=O) groups excluding carboxylic acids is 1. The highest BCUT2D eigenvalue weighted by Gasteiger charge is 2.17. The molecule has 0 bridgehead atoms. The van der Waals surface area contributed by atoms with E-state index in [1.54, 1.807) is 30.7 Å². The first kappa shape index (κ1) is 17.1. The summed E-state index contributed by atoms with van der Waals surface area (Å²) in [5.41, 5.74) is 8.03. The van der Waals surface area contributed by atoms with Crippen LogP contribution in [0.4, 0.5) is 5.82 Å². The van der Waals surface area contributed by atoms with Crippen molar-refractivity contribution in [2.24, 2.45) is 0 Å². The van der Waals surface area contributed by atoms with E-state index in [2.05, 4.69) is 25.4 Å². The van der Waals surface area contributed by atoms with Gasteiger partial charge in [-0.1, -0.05) is 6.92 Å². The number of amides is 1. The van der Waals surface area contributed by atoms with E-state index in [1.165, 1.54) is 15.9 Å². The third-order valence-corrected chi connectivity index (χ3v) is 4.94. The fraction of sp³-hybridized carbons (Fsp3) is 0.167. The van der Waals surface area contributed by atoms with Crippen LogP contribution in [0.2, 0.25) is 0 Å². The number of thiazole rings is 1. The molecule has 136 valence electrons. The monoisotopic (exact) mass is 379 g/mol. The SMILES string of the molecule is CCC(NC(=O)c1cc(N)n2nc(-c3nccs3)nc2c1)c1ccncc1. The van der Waals surface area contributed by atoms with Crippen LogP contribution in [-0.4, -0.2) is 30.5 Å². The average molecular weight is 379 g/mol. The van der Waals surface area contributed by atoms with Gasteiger partial charge in [-0.2, -0.15) is 4.52 Å². The minimum absolute atomic E-state index is 0.110. The summed E-state index contributed by atoms with van der Waals surface area (Å²) in [5, 5.41) is 9.96. The van der Waals surface area contributed by atoms with Crippen LogP contribution in [0, 0.1) is 0 Å². The first-order valence-corrected chi connectivity index (χ1v) is 9.30. The van der Waals surface area contributed by atoms with E-state index in [9.17, 15) is 4.79 Å². The molecule has 27 heavy (non-hydrogen) atoms. The third-order valence-electron chi connectivity index (χ3n) is 4.17. The molecule has 0 spiro atoms. The Morgan fingerprint density at radius 3 is 2.81 bits per heavy atom. The van der Waals surface area contributed by atoms with Crippen LogP contribution in [0.25, 0.3) is 16.5 Å². The second-order valence-electron chi connectivity index (χ2n) is 5.93. The zero-order chi connectivity index (χ0) is 18.8. The van der Waals surface area contributed by atoms with E-state index in [0.717, 1.165) is 12.0 Å². The van der Waals surface area contributed by atoms with E-state index < -0.39 is 0 Å². The van der Waals surface area contributed by atoms with Gasteiger partial charge in [0.05, 0.1) is 6.04 Å². The van der Waals surface area contributed by atoms with Crippen LogP contribution in [0.5, 0.6) is 0 Å². The zero-order valence-electron chi connectivity index (χ0n) is 14.5. The number of rotatable bonds is 5. The molecule has 0 radical (unpaired) electrons. The zero-order valence-corrected chi connectivity index (χ0v) is 15.3. The van der Waals surface area contributed by atoms with Crippen LogP contribution in [0.15, 0.2) is 48.2 Å². The number of pyridine rings is 2. The van der Waals surface area contributed by atoms with Gasteiger partial charge in [-0.05, 0) is 36.2 Å². The summed E-state index contributed by atoms with van der Waals surface area (Å²) in [5.74, 6) is 0.606. The van der Waals surface area contributed by atoms with Gasteiger partial charge in [-0.15, -0.1) is 16.4 Å². The van der Waals surface area contributed by atoms with Gasteiger partial charge < -0.3 is 11.1 Å². The maximum atomic E-state index is 12.8. The van der Waals surface area contributed by atoms with E-state index in [0.29, 0.717) is 27.9 Å². The van der Waals surface area contributed by atoms with Crippen LogP contribution in [-0.2, 0) is 0 Å². The van der Waals surface area contributed by atoms with Crippen molar-refractivity contribution < 1.29 is 4.79 Å². The van der Waals surface area contributed by atoms with Crippen molar-refractivity contribution in [3.63, 3.8) is 0 Å². The second-order valence-corrected chi connectivity index (χ2v) is 6.82.